The largest absolute Gasteiger partial charge is 0.393 e. The van der Waals surface area contributed by atoms with Crippen LogP contribution in [-0.4, -0.2) is 46.3 Å². The molecule has 3 aliphatic rings. The summed E-state index contributed by atoms with van der Waals surface area (Å²) < 4.78 is 5.79. The average molecular weight is 256 g/mol. The summed E-state index contributed by atoms with van der Waals surface area (Å²) in [5, 5.41) is 30.5. The predicted molar refractivity (Wildman–Crippen MR) is 66.0 cm³/mol. The molecule has 5 atom stereocenters. The summed E-state index contributed by atoms with van der Waals surface area (Å²) in [6.45, 7) is 4.72. The summed E-state index contributed by atoms with van der Waals surface area (Å²) in [7, 11) is 0. The van der Waals surface area contributed by atoms with E-state index in [1.807, 2.05) is 0 Å². The van der Waals surface area contributed by atoms with E-state index in [-0.39, 0.29) is 23.4 Å². The Morgan fingerprint density at radius 1 is 1.22 bits per heavy atom. The Bertz CT molecular complexity index is 356. The summed E-state index contributed by atoms with van der Waals surface area (Å²) in [4.78, 5) is 0. The molecule has 2 aliphatic carbocycles. The number of ether oxygens (including phenoxy) is 1. The molecule has 4 nitrogen and oxygen atoms in total. The smallest absolute Gasteiger partial charge is 0.120 e. The summed E-state index contributed by atoms with van der Waals surface area (Å²) >= 11 is 0. The highest BCUT2D eigenvalue weighted by Crippen LogP contribution is 2.63. The van der Waals surface area contributed by atoms with E-state index in [1.165, 1.54) is 0 Å². The Hall–Kier alpha value is -0.160. The van der Waals surface area contributed by atoms with Crippen LogP contribution in [0, 0.1) is 16.7 Å². The Morgan fingerprint density at radius 2 is 1.94 bits per heavy atom. The number of fused-ring (bicyclic) bond motifs is 1. The number of hydrogen-bond acceptors (Lipinski definition) is 4. The van der Waals surface area contributed by atoms with Crippen molar-refractivity contribution in [3.63, 3.8) is 0 Å². The van der Waals surface area contributed by atoms with E-state index in [4.69, 9.17) is 4.74 Å². The molecule has 2 bridgehead atoms. The molecular weight excluding hydrogens is 232 g/mol. The van der Waals surface area contributed by atoms with E-state index in [1.54, 1.807) is 0 Å². The van der Waals surface area contributed by atoms with Crippen LogP contribution in [0.5, 0.6) is 0 Å². The van der Waals surface area contributed by atoms with Gasteiger partial charge in [-0.1, -0.05) is 20.3 Å². The molecule has 3 rings (SSSR count). The quantitative estimate of drug-likeness (QED) is 0.645. The SMILES string of the molecule is CC1(C)CCC[C@@]23CO[C@@](CO)(C2)[C@@H](O)[C@H](O)[C@H]13. The number of aliphatic hydroxyl groups is 3. The van der Waals surface area contributed by atoms with E-state index >= 15 is 0 Å². The van der Waals surface area contributed by atoms with E-state index in [0.29, 0.717) is 13.0 Å². The van der Waals surface area contributed by atoms with Crippen LogP contribution in [0.25, 0.3) is 0 Å². The fourth-order valence-corrected chi connectivity index (χ4v) is 5.08. The third-order valence-electron chi connectivity index (χ3n) is 5.77. The van der Waals surface area contributed by atoms with Gasteiger partial charge in [0.05, 0.1) is 19.3 Å². The molecule has 1 spiro atoms. The first-order valence-corrected chi connectivity index (χ1v) is 6.98. The second kappa shape index (κ2) is 3.69. The Kier molecular flexibility index (Phi) is 2.63. The van der Waals surface area contributed by atoms with Crippen molar-refractivity contribution >= 4 is 0 Å². The van der Waals surface area contributed by atoms with Gasteiger partial charge in [-0.2, -0.15) is 0 Å². The summed E-state index contributed by atoms with van der Waals surface area (Å²) in [6, 6.07) is 0. The van der Waals surface area contributed by atoms with E-state index in [9.17, 15) is 15.3 Å². The normalized spacial score (nSPS) is 54.2. The number of hydrogen-bond donors (Lipinski definition) is 3. The van der Waals surface area contributed by atoms with Gasteiger partial charge in [-0.25, -0.2) is 0 Å². The summed E-state index contributed by atoms with van der Waals surface area (Å²) in [5.41, 5.74) is -0.958. The second-order valence-corrected chi connectivity index (χ2v) is 7.31. The van der Waals surface area contributed by atoms with Gasteiger partial charge in [0.15, 0.2) is 0 Å². The van der Waals surface area contributed by atoms with E-state index in [0.717, 1.165) is 19.3 Å². The molecule has 0 amide bonds. The Balaban J connectivity index is 2.04. The van der Waals surface area contributed by atoms with Crippen molar-refractivity contribution in [1.82, 2.24) is 0 Å². The van der Waals surface area contributed by atoms with Crippen molar-refractivity contribution in [2.75, 3.05) is 13.2 Å². The summed E-state index contributed by atoms with van der Waals surface area (Å²) in [6.07, 6.45) is 2.17. The van der Waals surface area contributed by atoms with Crippen LogP contribution in [-0.2, 0) is 4.74 Å². The first-order valence-electron chi connectivity index (χ1n) is 6.98. The molecule has 0 aromatic carbocycles. The lowest BCUT2D eigenvalue weighted by Gasteiger charge is -2.56. The van der Waals surface area contributed by atoms with Crippen LogP contribution in [0.3, 0.4) is 0 Å². The van der Waals surface area contributed by atoms with Crippen molar-refractivity contribution in [3.8, 4) is 0 Å². The molecule has 1 saturated heterocycles. The molecule has 4 heteroatoms. The molecule has 0 aromatic rings. The molecule has 18 heavy (non-hydrogen) atoms. The maximum Gasteiger partial charge on any atom is 0.120 e. The molecular formula is C14H24O4. The fraction of sp³-hybridized carbons (Fsp3) is 1.00. The molecule has 0 aromatic heterocycles. The zero-order valence-electron chi connectivity index (χ0n) is 11.2. The second-order valence-electron chi connectivity index (χ2n) is 7.31. The average Bonchev–Trinajstić information content (AvgIpc) is 2.63. The van der Waals surface area contributed by atoms with Crippen LogP contribution < -0.4 is 0 Å². The van der Waals surface area contributed by atoms with Crippen LogP contribution in [0.2, 0.25) is 0 Å². The zero-order valence-corrected chi connectivity index (χ0v) is 11.2. The lowest BCUT2D eigenvalue weighted by molar-refractivity contribution is -0.198. The van der Waals surface area contributed by atoms with Crippen molar-refractivity contribution in [3.05, 3.63) is 0 Å². The first-order chi connectivity index (χ1) is 8.37. The van der Waals surface area contributed by atoms with Gasteiger partial charge < -0.3 is 20.1 Å². The third-order valence-corrected chi connectivity index (χ3v) is 5.77. The van der Waals surface area contributed by atoms with Gasteiger partial charge in [0, 0.05) is 11.3 Å². The third kappa shape index (κ3) is 1.40. The van der Waals surface area contributed by atoms with E-state index < -0.39 is 17.8 Å². The van der Waals surface area contributed by atoms with Crippen molar-refractivity contribution in [1.29, 1.82) is 0 Å². The van der Waals surface area contributed by atoms with Gasteiger partial charge in [-0.15, -0.1) is 0 Å². The minimum atomic E-state index is -0.972. The maximum absolute atomic E-state index is 10.5. The molecule has 2 saturated carbocycles. The summed E-state index contributed by atoms with van der Waals surface area (Å²) in [5.74, 6) is 0.0657. The molecule has 0 radical (unpaired) electrons. The van der Waals surface area contributed by atoms with Gasteiger partial charge in [0.2, 0.25) is 0 Å². The highest BCUT2D eigenvalue weighted by Gasteiger charge is 2.67. The predicted octanol–water partition coefficient (Wildman–Crippen LogP) is 0.686. The standard InChI is InChI=1S/C14H24O4/c1-12(2)4-3-5-13-6-14(7-15,18-8-13)11(17)9(16)10(12)13/h9-11,15-17H,3-8H2,1-2H3/t9-,10-,11+,13+,14-/m1/s1. The van der Waals surface area contributed by atoms with Crippen molar-refractivity contribution in [2.45, 2.75) is 57.3 Å². The number of rotatable bonds is 1. The van der Waals surface area contributed by atoms with Crippen LogP contribution in [0.15, 0.2) is 0 Å². The monoisotopic (exact) mass is 256 g/mol. The molecule has 3 fully saturated rings. The van der Waals surface area contributed by atoms with Crippen LogP contribution in [0.1, 0.15) is 39.5 Å². The first kappa shape index (κ1) is 12.9. The maximum atomic E-state index is 10.5. The minimum Gasteiger partial charge on any atom is -0.393 e. The Labute approximate surface area is 108 Å². The minimum absolute atomic E-state index is 0.0218. The molecule has 1 aliphatic heterocycles. The zero-order chi connectivity index (χ0) is 13.2. The lowest BCUT2D eigenvalue weighted by atomic mass is 9.49. The molecule has 1 heterocycles. The van der Waals surface area contributed by atoms with Crippen LogP contribution >= 0.6 is 0 Å². The van der Waals surface area contributed by atoms with E-state index in [2.05, 4.69) is 13.8 Å². The number of aliphatic hydroxyl groups excluding tert-OH is 3. The molecule has 3 N–H and O–H groups in total. The topological polar surface area (TPSA) is 69.9 Å². The van der Waals surface area contributed by atoms with Gasteiger partial charge in [-0.05, 0) is 24.7 Å². The molecule has 104 valence electrons. The van der Waals surface area contributed by atoms with Crippen molar-refractivity contribution < 1.29 is 20.1 Å². The van der Waals surface area contributed by atoms with Gasteiger partial charge in [-0.3, -0.25) is 0 Å². The van der Waals surface area contributed by atoms with Gasteiger partial charge >= 0.3 is 0 Å². The van der Waals surface area contributed by atoms with Crippen molar-refractivity contribution in [2.24, 2.45) is 16.7 Å². The highest BCUT2D eigenvalue weighted by molar-refractivity contribution is 5.16. The van der Waals surface area contributed by atoms with Gasteiger partial charge in [0.1, 0.15) is 11.7 Å². The van der Waals surface area contributed by atoms with Gasteiger partial charge in [0.25, 0.3) is 0 Å². The fourth-order valence-electron chi connectivity index (χ4n) is 5.08. The Morgan fingerprint density at radius 3 is 2.61 bits per heavy atom. The highest BCUT2D eigenvalue weighted by atomic mass is 16.5. The molecule has 0 unspecified atom stereocenters. The lowest BCUT2D eigenvalue weighted by Crippen LogP contribution is -2.63. The van der Waals surface area contributed by atoms with Crippen LogP contribution in [0.4, 0.5) is 0 Å².